The third-order valence-corrected chi connectivity index (χ3v) is 3.31. The largest absolute Gasteiger partial charge is 0.314 e. The second-order valence-electron chi connectivity index (χ2n) is 4.60. The van der Waals surface area contributed by atoms with Gasteiger partial charge in [0.25, 0.3) is 0 Å². The van der Waals surface area contributed by atoms with Crippen molar-refractivity contribution in [1.29, 1.82) is 0 Å². The van der Waals surface area contributed by atoms with Crippen LogP contribution in [0.1, 0.15) is 45.4 Å². The highest BCUT2D eigenvalue weighted by Crippen LogP contribution is 2.13. The van der Waals surface area contributed by atoms with Crippen molar-refractivity contribution >= 4 is 0 Å². The van der Waals surface area contributed by atoms with Gasteiger partial charge in [-0.15, -0.1) is 0 Å². The van der Waals surface area contributed by atoms with E-state index >= 15 is 0 Å². The van der Waals surface area contributed by atoms with Crippen molar-refractivity contribution in [3.8, 4) is 0 Å². The summed E-state index contributed by atoms with van der Waals surface area (Å²) in [5, 5.41) is 3.50. The van der Waals surface area contributed by atoms with Gasteiger partial charge in [-0.05, 0) is 19.4 Å². The van der Waals surface area contributed by atoms with E-state index in [1.54, 1.807) is 0 Å². The molecule has 0 aromatic rings. The molecular formula is C13H27N2. The average molecular weight is 211 g/mol. The predicted octanol–water partition coefficient (Wildman–Crippen LogP) is 2.45. The highest BCUT2D eigenvalue weighted by Gasteiger charge is 2.20. The van der Waals surface area contributed by atoms with Gasteiger partial charge in [0.1, 0.15) is 0 Å². The summed E-state index contributed by atoms with van der Waals surface area (Å²) in [6, 6.07) is 0.775. The third-order valence-electron chi connectivity index (χ3n) is 3.31. The topological polar surface area (TPSA) is 15.3 Å². The minimum atomic E-state index is 0.775. The van der Waals surface area contributed by atoms with Crippen molar-refractivity contribution < 1.29 is 0 Å². The number of unbranched alkanes of at least 4 members (excludes halogenated alkanes) is 3. The van der Waals surface area contributed by atoms with Crippen molar-refractivity contribution in [2.24, 2.45) is 0 Å². The van der Waals surface area contributed by atoms with E-state index in [-0.39, 0.29) is 0 Å². The molecule has 1 atom stereocenters. The van der Waals surface area contributed by atoms with Gasteiger partial charge in [-0.3, -0.25) is 4.90 Å². The molecule has 15 heavy (non-hydrogen) atoms. The Morgan fingerprint density at radius 2 is 2.20 bits per heavy atom. The zero-order valence-corrected chi connectivity index (χ0v) is 10.3. The molecule has 2 nitrogen and oxygen atoms in total. The Balaban J connectivity index is 2.17. The summed E-state index contributed by atoms with van der Waals surface area (Å²) in [5.74, 6) is 0. The van der Waals surface area contributed by atoms with Gasteiger partial charge in [0.15, 0.2) is 0 Å². The molecule has 1 aliphatic heterocycles. The van der Waals surface area contributed by atoms with Crippen molar-refractivity contribution in [2.75, 3.05) is 26.2 Å². The number of nitrogens with zero attached hydrogens (tertiary/aromatic N) is 1. The summed E-state index contributed by atoms with van der Waals surface area (Å²) in [4.78, 5) is 2.62. The SMILES string of the molecule is [CH2]CCN1CCNCC1CCCCCC. The lowest BCUT2D eigenvalue weighted by Crippen LogP contribution is -2.51. The van der Waals surface area contributed by atoms with Gasteiger partial charge in [0, 0.05) is 25.7 Å². The van der Waals surface area contributed by atoms with Crippen molar-refractivity contribution in [2.45, 2.75) is 51.5 Å². The van der Waals surface area contributed by atoms with Crippen LogP contribution in [0.5, 0.6) is 0 Å². The molecule has 0 aromatic carbocycles. The fourth-order valence-corrected chi connectivity index (χ4v) is 2.39. The van der Waals surface area contributed by atoms with Crippen molar-refractivity contribution in [3.05, 3.63) is 6.92 Å². The first-order valence-electron chi connectivity index (χ1n) is 6.62. The molecule has 1 aliphatic rings. The number of nitrogens with one attached hydrogen (secondary N) is 1. The van der Waals surface area contributed by atoms with Gasteiger partial charge in [-0.25, -0.2) is 0 Å². The number of hydrogen-bond donors (Lipinski definition) is 1. The van der Waals surface area contributed by atoms with Gasteiger partial charge in [-0.2, -0.15) is 0 Å². The number of piperazine rings is 1. The molecule has 1 rings (SSSR count). The second-order valence-corrected chi connectivity index (χ2v) is 4.60. The van der Waals surface area contributed by atoms with Gasteiger partial charge < -0.3 is 5.32 Å². The molecule has 1 radical (unpaired) electrons. The first-order chi connectivity index (χ1) is 7.38. The monoisotopic (exact) mass is 211 g/mol. The van der Waals surface area contributed by atoms with E-state index in [2.05, 4.69) is 24.1 Å². The quantitative estimate of drug-likeness (QED) is 0.651. The van der Waals surface area contributed by atoms with Crippen LogP contribution in [0.25, 0.3) is 0 Å². The van der Waals surface area contributed by atoms with E-state index in [1.165, 1.54) is 51.7 Å². The molecule has 1 heterocycles. The van der Waals surface area contributed by atoms with Crippen LogP contribution in [0.4, 0.5) is 0 Å². The molecule has 89 valence electrons. The van der Waals surface area contributed by atoms with Gasteiger partial charge in [0.2, 0.25) is 0 Å². The first-order valence-corrected chi connectivity index (χ1v) is 6.62. The molecule has 2 heteroatoms. The summed E-state index contributed by atoms with van der Waals surface area (Å²) in [6.45, 7) is 11.0. The smallest absolute Gasteiger partial charge is 0.0221 e. The predicted molar refractivity (Wildman–Crippen MR) is 67.0 cm³/mol. The Kier molecular flexibility index (Phi) is 7.03. The molecule has 0 saturated carbocycles. The van der Waals surface area contributed by atoms with Crippen LogP contribution >= 0.6 is 0 Å². The average Bonchev–Trinajstić information content (AvgIpc) is 2.27. The van der Waals surface area contributed by atoms with E-state index in [1.807, 2.05) is 0 Å². The normalized spacial score (nSPS) is 23.2. The van der Waals surface area contributed by atoms with E-state index < -0.39 is 0 Å². The van der Waals surface area contributed by atoms with Crippen LogP contribution in [0.15, 0.2) is 0 Å². The van der Waals surface area contributed by atoms with Gasteiger partial charge in [-0.1, -0.05) is 39.5 Å². The zero-order chi connectivity index (χ0) is 10.9. The standard InChI is InChI=1S/C13H27N2/c1-3-5-6-7-8-13-12-14-9-11-15(13)10-4-2/h13-14H,2-12H2,1H3. The molecule has 0 spiro atoms. The third kappa shape index (κ3) is 4.98. The molecule has 1 saturated heterocycles. The van der Waals surface area contributed by atoms with Crippen LogP contribution in [0.3, 0.4) is 0 Å². The lowest BCUT2D eigenvalue weighted by atomic mass is 10.0. The Bertz CT molecular complexity index is 145. The van der Waals surface area contributed by atoms with Crippen LogP contribution in [-0.4, -0.2) is 37.1 Å². The van der Waals surface area contributed by atoms with Crippen LogP contribution < -0.4 is 5.32 Å². The Hall–Kier alpha value is -0.0800. The molecule has 1 fully saturated rings. The summed E-state index contributed by atoms with van der Waals surface area (Å²) in [6.07, 6.45) is 7.96. The van der Waals surface area contributed by atoms with E-state index in [9.17, 15) is 0 Å². The molecule has 0 amide bonds. The Morgan fingerprint density at radius 1 is 1.33 bits per heavy atom. The van der Waals surface area contributed by atoms with Gasteiger partial charge in [0.05, 0.1) is 0 Å². The molecule has 0 aliphatic carbocycles. The summed E-state index contributed by atoms with van der Waals surface area (Å²) >= 11 is 0. The Morgan fingerprint density at radius 3 is 2.93 bits per heavy atom. The second kappa shape index (κ2) is 8.12. The maximum absolute atomic E-state index is 3.96. The van der Waals surface area contributed by atoms with Crippen LogP contribution in [0, 0.1) is 6.92 Å². The number of hydrogen-bond acceptors (Lipinski definition) is 2. The fourth-order valence-electron chi connectivity index (χ4n) is 2.39. The summed E-state index contributed by atoms with van der Waals surface area (Å²) in [5.41, 5.74) is 0. The minimum absolute atomic E-state index is 0.775. The van der Waals surface area contributed by atoms with Crippen molar-refractivity contribution in [1.82, 2.24) is 10.2 Å². The van der Waals surface area contributed by atoms with Crippen LogP contribution in [0.2, 0.25) is 0 Å². The van der Waals surface area contributed by atoms with E-state index in [4.69, 9.17) is 0 Å². The lowest BCUT2D eigenvalue weighted by molar-refractivity contribution is 0.153. The number of rotatable bonds is 7. The molecule has 0 bridgehead atoms. The highest BCUT2D eigenvalue weighted by atomic mass is 15.2. The minimum Gasteiger partial charge on any atom is -0.314 e. The molecule has 1 N–H and O–H groups in total. The van der Waals surface area contributed by atoms with Gasteiger partial charge >= 0.3 is 0 Å². The Labute approximate surface area is 95.4 Å². The first kappa shape index (κ1) is 13.0. The fraction of sp³-hybridized carbons (Fsp3) is 0.923. The summed E-state index contributed by atoms with van der Waals surface area (Å²) in [7, 11) is 0. The maximum Gasteiger partial charge on any atom is 0.0221 e. The van der Waals surface area contributed by atoms with Crippen molar-refractivity contribution in [3.63, 3.8) is 0 Å². The molecular weight excluding hydrogens is 184 g/mol. The summed E-state index contributed by atoms with van der Waals surface area (Å²) < 4.78 is 0. The zero-order valence-electron chi connectivity index (χ0n) is 10.3. The molecule has 0 aromatic heterocycles. The maximum atomic E-state index is 3.96. The molecule has 1 unspecified atom stereocenters. The van der Waals surface area contributed by atoms with E-state index in [0.717, 1.165) is 19.0 Å². The lowest BCUT2D eigenvalue weighted by Gasteiger charge is -2.36. The highest BCUT2D eigenvalue weighted by molar-refractivity contribution is 4.79. The van der Waals surface area contributed by atoms with Crippen LogP contribution in [-0.2, 0) is 0 Å². The van der Waals surface area contributed by atoms with E-state index in [0.29, 0.717) is 0 Å².